The van der Waals surface area contributed by atoms with Crippen LogP contribution in [0, 0.1) is 0 Å². The molecule has 1 N–H and O–H groups in total. The molecule has 0 radical (unpaired) electrons. The van der Waals surface area contributed by atoms with E-state index in [1.807, 2.05) is 0 Å². The van der Waals surface area contributed by atoms with Crippen molar-refractivity contribution in [2.24, 2.45) is 0 Å². The van der Waals surface area contributed by atoms with E-state index in [0.717, 1.165) is 0 Å². The molecule has 0 spiro atoms. The van der Waals surface area contributed by atoms with Crippen LogP contribution >= 0.6 is 22.3 Å². The van der Waals surface area contributed by atoms with Gasteiger partial charge in [-0.3, -0.25) is 9.78 Å². The van der Waals surface area contributed by atoms with Gasteiger partial charge >= 0.3 is 0 Å². The van der Waals surface area contributed by atoms with Gasteiger partial charge in [0.05, 0.1) is 5.02 Å². The number of pyridine rings is 1. The molecule has 1 amide bonds. The van der Waals surface area contributed by atoms with Gasteiger partial charge in [0, 0.05) is 34.3 Å². The Bertz CT molecular complexity index is 749. The highest BCUT2D eigenvalue weighted by Gasteiger charge is 2.15. The first kappa shape index (κ1) is 14.8. The normalized spacial score (nSPS) is 11.1. The molecule has 104 valence electrons. The van der Waals surface area contributed by atoms with E-state index in [2.05, 4.69) is 10.3 Å². The summed E-state index contributed by atoms with van der Waals surface area (Å²) in [5.41, 5.74) is 0.783. The molecule has 5 nitrogen and oxygen atoms in total. The number of halogens is 2. The van der Waals surface area contributed by atoms with Crippen molar-refractivity contribution in [3.63, 3.8) is 0 Å². The first-order valence-corrected chi connectivity index (χ1v) is 8.02. The number of nitrogens with zero attached hydrogens (tertiary/aromatic N) is 1. The minimum atomic E-state index is -3.91. The number of amides is 1. The van der Waals surface area contributed by atoms with Gasteiger partial charge < -0.3 is 5.32 Å². The summed E-state index contributed by atoms with van der Waals surface area (Å²) in [5.74, 6) is -0.357. The second-order valence-corrected chi connectivity index (χ2v) is 6.71. The molecule has 8 heteroatoms. The Morgan fingerprint density at radius 1 is 1.15 bits per heavy atom. The summed E-state index contributed by atoms with van der Waals surface area (Å²) in [4.78, 5) is 15.5. The fourth-order valence-corrected chi connectivity index (χ4v) is 3.01. The van der Waals surface area contributed by atoms with Crippen LogP contribution in [0.1, 0.15) is 10.4 Å². The Morgan fingerprint density at radius 3 is 2.35 bits per heavy atom. The molecule has 0 saturated carbocycles. The lowest BCUT2D eigenvalue weighted by Crippen LogP contribution is -2.11. The molecule has 0 aliphatic rings. The molecule has 0 saturated heterocycles. The third kappa shape index (κ3) is 3.47. The van der Waals surface area contributed by atoms with Crippen molar-refractivity contribution in [1.82, 2.24) is 4.98 Å². The summed E-state index contributed by atoms with van der Waals surface area (Å²) < 4.78 is 22.4. The Balaban J connectivity index is 2.24. The molecule has 0 aliphatic carbocycles. The van der Waals surface area contributed by atoms with Crippen LogP contribution in [0.2, 0.25) is 5.02 Å². The van der Waals surface area contributed by atoms with Gasteiger partial charge in [0.2, 0.25) is 0 Å². The van der Waals surface area contributed by atoms with Crippen LogP contribution in [-0.2, 0) is 9.05 Å². The van der Waals surface area contributed by atoms with Crippen LogP contribution < -0.4 is 5.32 Å². The fraction of sp³-hybridized carbons (Fsp3) is 0. The van der Waals surface area contributed by atoms with Crippen molar-refractivity contribution in [2.75, 3.05) is 5.32 Å². The lowest BCUT2D eigenvalue weighted by atomic mass is 10.2. The number of anilines is 1. The van der Waals surface area contributed by atoms with Gasteiger partial charge in [0.15, 0.2) is 0 Å². The van der Waals surface area contributed by atoms with Gasteiger partial charge in [0.1, 0.15) is 4.90 Å². The number of rotatable bonds is 3. The van der Waals surface area contributed by atoms with Gasteiger partial charge in [-0.2, -0.15) is 0 Å². The van der Waals surface area contributed by atoms with E-state index in [4.69, 9.17) is 22.3 Å². The number of aromatic nitrogens is 1. The summed E-state index contributed by atoms with van der Waals surface area (Å²) in [5, 5.41) is 2.53. The molecule has 0 atom stereocenters. The monoisotopic (exact) mass is 330 g/mol. The van der Waals surface area contributed by atoms with Crippen LogP contribution in [0.25, 0.3) is 0 Å². The van der Waals surface area contributed by atoms with Gasteiger partial charge in [0.25, 0.3) is 15.0 Å². The Kier molecular flexibility index (Phi) is 4.27. The average Bonchev–Trinajstić information content (AvgIpc) is 2.38. The maximum Gasteiger partial charge on any atom is 0.262 e. The van der Waals surface area contributed by atoms with Crippen molar-refractivity contribution in [2.45, 2.75) is 4.90 Å². The van der Waals surface area contributed by atoms with Gasteiger partial charge in [-0.15, -0.1) is 0 Å². The first-order chi connectivity index (χ1) is 9.38. The maximum absolute atomic E-state index is 11.9. The third-order valence-corrected chi connectivity index (χ3v) is 4.20. The summed E-state index contributed by atoms with van der Waals surface area (Å²) in [7, 11) is 1.30. The van der Waals surface area contributed by atoms with Gasteiger partial charge in [-0.25, -0.2) is 8.42 Å². The predicted molar refractivity (Wildman–Crippen MR) is 76.7 cm³/mol. The largest absolute Gasteiger partial charge is 0.322 e. The lowest BCUT2D eigenvalue weighted by molar-refractivity contribution is 0.102. The van der Waals surface area contributed by atoms with Gasteiger partial charge in [-0.1, -0.05) is 11.6 Å². The molecule has 0 unspecified atom stereocenters. The smallest absolute Gasteiger partial charge is 0.262 e. The van der Waals surface area contributed by atoms with Crippen molar-refractivity contribution < 1.29 is 13.2 Å². The minimum Gasteiger partial charge on any atom is -0.322 e. The number of hydrogen-bond donors (Lipinski definition) is 1. The van der Waals surface area contributed by atoms with Crippen molar-refractivity contribution in [3.8, 4) is 0 Å². The maximum atomic E-state index is 11.9. The molecule has 1 aromatic heterocycles. The van der Waals surface area contributed by atoms with E-state index in [-0.39, 0.29) is 15.8 Å². The second kappa shape index (κ2) is 5.78. The highest BCUT2D eigenvalue weighted by Crippen LogP contribution is 2.27. The zero-order chi connectivity index (χ0) is 14.8. The van der Waals surface area contributed by atoms with E-state index < -0.39 is 9.05 Å². The van der Waals surface area contributed by atoms with E-state index in [9.17, 15) is 13.2 Å². The van der Waals surface area contributed by atoms with E-state index in [1.54, 1.807) is 12.1 Å². The minimum absolute atomic E-state index is 0.0625. The molecule has 20 heavy (non-hydrogen) atoms. The Morgan fingerprint density at radius 2 is 1.80 bits per heavy atom. The molecule has 0 aliphatic heterocycles. The molecular weight excluding hydrogens is 323 g/mol. The standard InChI is InChI=1S/C12H8Cl2N2O3S/c13-10-7-9(1-2-11(10)20(14,18)19)16-12(17)8-3-5-15-6-4-8/h1-7H,(H,16,17). The average molecular weight is 331 g/mol. The first-order valence-electron chi connectivity index (χ1n) is 5.33. The Labute approximate surface area is 125 Å². The summed E-state index contributed by atoms with van der Waals surface area (Å²) in [6.07, 6.45) is 2.98. The molecule has 2 rings (SSSR count). The highest BCUT2D eigenvalue weighted by molar-refractivity contribution is 8.13. The highest BCUT2D eigenvalue weighted by atomic mass is 35.7. The number of benzene rings is 1. The second-order valence-electron chi connectivity index (χ2n) is 3.77. The van der Waals surface area contributed by atoms with Crippen LogP contribution in [0.4, 0.5) is 5.69 Å². The SMILES string of the molecule is O=C(Nc1ccc(S(=O)(=O)Cl)c(Cl)c1)c1ccncc1. The summed E-state index contributed by atoms with van der Waals surface area (Å²) in [6.45, 7) is 0. The van der Waals surface area contributed by atoms with Crippen LogP contribution in [0.15, 0.2) is 47.6 Å². The van der Waals surface area contributed by atoms with Crippen molar-refractivity contribution >= 4 is 42.9 Å². The summed E-state index contributed by atoms with van der Waals surface area (Å²) in [6, 6.07) is 7.05. The van der Waals surface area contributed by atoms with E-state index >= 15 is 0 Å². The van der Waals surface area contributed by atoms with Crippen LogP contribution in [0.3, 0.4) is 0 Å². The van der Waals surface area contributed by atoms with Crippen molar-refractivity contribution in [3.05, 3.63) is 53.3 Å². The number of carbonyl (C=O) groups is 1. The number of hydrogen-bond acceptors (Lipinski definition) is 4. The van der Waals surface area contributed by atoms with E-state index in [0.29, 0.717) is 11.3 Å². The topological polar surface area (TPSA) is 76.1 Å². The number of carbonyl (C=O) groups excluding carboxylic acids is 1. The van der Waals surface area contributed by atoms with E-state index in [1.165, 1.54) is 30.6 Å². The Hall–Kier alpha value is -1.63. The van der Waals surface area contributed by atoms with Gasteiger partial charge in [-0.05, 0) is 30.3 Å². The fourth-order valence-electron chi connectivity index (χ4n) is 1.48. The molecule has 0 fully saturated rings. The molecule has 1 heterocycles. The lowest BCUT2D eigenvalue weighted by Gasteiger charge is -2.07. The van der Waals surface area contributed by atoms with Crippen molar-refractivity contribution in [1.29, 1.82) is 0 Å². The predicted octanol–water partition coefficient (Wildman–Crippen LogP) is 2.91. The molecular formula is C12H8Cl2N2O3S. The third-order valence-electron chi connectivity index (χ3n) is 2.39. The van der Waals surface area contributed by atoms with Crippen LogP contribution in [0.5, 0.6) is 0 Å². The number of nitrogens with one attached hydrogen (secondary N) is 1. The quantitative estimate of drug-likeness (QED) is 0.878. The zero-order valence-electron chi connectivity index (χ0n) is 9.88. The zero-order valence-corrected chi connectivity index (χ0v) is 12.2. The summed E-state index contributed by atoms with van der Waals surface area (Å²) >= 11 is 5.82. The molecule has 1 aromatic carbocycles. The van der Waals surface area contributed by atoms with Crippen LogP contribution in [-0.4, -0.2) is 19.3 Å². The molecule has 0 bridgehead atoms. The molecule has 2 aromatic rings.